The smallest absolute Gasteiger partial charge is 0.253 e. The van der Waals surface area contributed by atoms with Crippen molar-refractivity contribution < 1.29 is 19.4 Å². The molecule has 0 radical (unpaired) electrons. The van der Waals surface area contributed by atoms with E-state index < -0.39 is 17.3 Å². The molecule has 3 aromatic rings. The van der Waals surface area contributed by atoms with Crippen LogP contribution in [0.3, 0.4) is 0 Å². The molecule has 1 saturated carbocycles. The number of nitrogens with one attached hydrogen (secondary N) is 1. The number of carbonyl (C=O) groups excluding carboxylic acids is 2. The Kier molecular flexibility index (Phi) is 5.34. The van der Waals surface area contributed by atoms with Crippen LogP contribution in [0, 0.1) is 0 Å². The van der Waals surface area contributed by atoms with Crippen LogP contribution in [0.25, 0.3) is 11.0 Å². The molecule has 2 aromatic carbocycles. The molecule has 6 rings (SSSR count). The van der Waals surface area contributed by atoms with Crippen molar-refractivity contribution in [3.8, 4) is 0 Å². The van der Waals surface area contributed by atoms with Gasteiger partial charge in [0.15, 0.2) is 6.10 Å². The Hall–Kier alpha value is -3.30. The highest BCUT2D eigenvalue weighted by Gasteiger charge is 2.49. The van der Waals surface area contributed by atoms with Crippen LogP contribution in [0.4, 0.5) is 0 Å². The molecule has 1 unspecified atom stereocenters. The Balaban J connectivity index is 1.14. The van der Waals surface area contributed by atoms with Gasteiger partial charge in [0, 0.05) is 19.6 Å². The average Bonchev–Trinajstić information content (AvgIpc) is 3.41. The van der Waals surface area contributed by atoms with E-state index in [-0.39, 0.29) is 24.9 Å². The minimum atomic E-state index is -0.785. The van der Waals surface area contributed by atoms with E-state index in [1.807, 2.05) is 53.4 Å². The molecule has 2 amide bonds. The van der Waals surface area contributed by atoms with Crippen LogP contribution < -0.4 is 5.32 Å². The molecule has 0 bridgehead atoms. The molecule has 9 nitrogen and oxygen atoms in total. The van der Waals surface area contributed by atoms with Crippen LogP contribution in [0.5, 0.6) is 0 Å². The summed E-state index contributed by atoms with van der Waals surface area (Å²) >= 11 is 0. The van der Waals surface area contributed by atoms with Gasteiger partial charge in [-0.2, -0.15) is 0 Å². The molecule has 182 valence electrons. The number of hydrogen-bond acceptors (Lipinski definition) is 6. The number of ether oxygens (including phenoxy) is 1. The molecule has 2 N–H and O–H groups in total. The Morgan fingerprint density at radius 3 is 2.57 bits per heavy atom. The summed E-state index contributed by atoms with van der Waals surface area (Å²) in [4.78, 5) is 27.9. The summed E-state index contributed by atoms with van der Waals surface area (Å²) < 4.78 is 8.11. The van der Waals surface area contributed by atoms with E-state index in [0.29, 0.717) is 38.8 Å². The summed E-state index contributed by atoms with van der Waals surface area (Å²) in [5.74, 6) is -0.226. The molecule has 9 heteroatoms. The maximum absolute atomic E-state index is 13.1. The number of aliphatic hydroxyl groups is 1. The van der Waals surface area contributed by atoms with E-state index in [4.69, 9.17) is 4.74 Å². The molecule has 35 heavy (non-hydrogen) atoms. The third-order valence-corrected chi connectivity index (χ3v) is 7.82. The number of amides is 2. The van der Waals surface area contributed by atoms with Crippen LogP contribution in [0.1, 0.15) is 49.3 Å². The number of piperidine rings is 1. The number of carbonyl (C=O) groups is 2. The topological polar surface area (TPSA) is 110 Å². The van der Waals surface area contributed by atoms with E-state index in [1.165, 1.54) is 0 Å². The van der Waals surface area contributed by atoms with Gasteiger partial charge in [-0.25, -0.2) is 4.68 Å². The molecule has 3 heterocycles. The number of aromatic nitrogens is 3. The molecular weight excluding hydrogens is 446 g/mol. The lowest BCUT2D eigenvalue weighted by Crippen LogP contribution is -2.49. The fourth-order valence-electron chi connectivity index (χ4n) is 5.56. The Morgan fingerprint density at radius 1 is 1.06 bits per heavy atom. The molecule has 1 spiro atoms. The first-order valence-corrected chi connectivity index (χ1v) is 12.3. The second-order valence-corrected chi connectivity index (χ2v) is 9.99. The van der Waals surface area contributed by atoms with Crippen molar-refractivity contribution in [3.63, 3.8) is 0 Å². The summed E-state index contributed by atoms with van der Waals surface area (Å²) in [6.07, 6.45) is 2.93. The van der Waals surface area contributed by atoms with Crippen LogP contribution in [0.15, 0.2) is 48.5 Å². The van der Waals surface area contributed by atoms with Gasteiger partial charge in [0.1, 0.15) is 12.1 Å². The van der Waals surface area contributed by atoms with E-state index in [1.54, 1.807) is 4.68 Å². The zero-order chi connectivity index (χ0) is 24.0. The number of hydrogen-bond donors (Lipinski definition) is 2. The summed E-state index contributed by atoms with van der Waals surface area (Å²) in [6, 6.07) is 15.5. The Labute approximate surface area is 203 Å². The predicted octanol–water partition coefficient (Wildman–Crippen LogP) is 2.05. The first-order chi connectivity index (χ1) is 17.0. The number of likely N-dealkylation sites (tertiary alicyclic amines) is 1. The van der Waals surface area contributed by atoms with Gasteiger partial charge in [-0.15, -0.1) is 5.10 Å². The molecule has 2 aliphatic heterocycles. The van der Waals surface area contributed by atoms with Crippen LogP contribution in [0.2, 0.25) is 0 Å². The zero-order valence-corrected chi connectivity index (χ0v) is 19.5. The minimum absolute atomic E-state index is 0.00943. The molecule has 1 aromatic heterocycles. The van der Waals surface area contributed by atoms with Gasteiger partial charge >= 0.3 is 0 Å². The number of rotatable bonds is 5. The Morgan fingerprint density at radius 2 is 1.80 bits per heavy atom. The molecule has 2 fully saturated rings. The van der Waals surface area contributed by atoms with E-state index >= 15 is 0 Å². The minimum Gasteiger partial charge on any atom is -0.388 e. The van der Waals surface area contributed by atoms with Crippen LogP contribution in [-0.2, 0) is 26.5 Å². The molecule has 3 aliphatic rings. The van der Waals surface area contributed by atoms with Gasteiger partial charge in [0.25, 0.3) is 5.91 Å². The van der Waals surface area contributed by atoms with Crippen molar-refractivity contribution >= 4 is 22.8 Å². The van der Waals surface area contributed by atoms with Crippen LogP contribution >= 0.6 is 0 Å². The predicted molar refractivity (Wildman–Crippen MR) is 127 cm³/mol. The number of benzene rings is 2. The first-order valence-electron chi connectivity index (χ1n) is 12.3. The highest BCUT2D eigenvalue weighted by Crippen LogP contribution is 2.49. The zero-order valence-electron chi connectivity index (χ0n) is 19.5. The summed E-state index contributed by atoms with van der Waals surface area (Å²) in [5.41, 5.74) is 2.12. The van der Waals surface area contributed by atoms with Gasteiger partial charge in [0.2, 0.25) is 5.91 Å². The lowest BCUT2D eigenvalue weighted by Gasteiger charge is -2.40. The molecule has 1 aliphatic carbocycles. The summed E-state index contributed by atoms with van der Waals surface area (Å²) in [6.45, 7) is 1.46. The monoisotopic (exact) mass is 475 g/mol. The molecule has 1 saturated heterocycles. The van der Waals surface area contributed by atoms with Gasteiger partial charge < -0.3 is 20.1 Å². The summed E-state index contributed by atoms with van der Waals surface area (Å²) in [7, 11) is 0. The molecule has 1 atom stereocenters. The quantitative estimate of drug-likeness (QED) is 0.585. The van der Waals surface area contributed by atoms with Crippen LogP contribution in [-0.4, -0.2) is 62.0 Å². The lowest BCUT2D eigenvalue weighted by atomic mass is 9.80. The van der Waals surface area contributed by atoms with Crippen molar-refractivity contribution in [1.29, 1.82) is 0 Å². The highest BCUT2D eigenvalue weighted by atomic mass is 16.5. The summed E-state index contributed by atoms with van der Waals surface area (Å²) in [5, 5.41) is 21.5. The van der Waals surface area contributed by atoms with Gasteiger partial charge in [-0.1, -0.05) is 41.6 Å². The van der Waals surface area contributed by atoms with E-state index in [9.17, 15) is 14.7 Å². The SMILES string of the molecule is O=C(NCC1(O)CCC1)C1OC2(CCN(C(=O)Cn3nnc4ccccc43)CC2)c2ccccc21. The largest absolute Gasteiger partial charge is 0.388 e. The van der Waals surface area contributed by atoms with Crippen molar-refractivity contribution in [2.45, 2.75) is 56.0 Å². The number of fused-ring (bicyclic) bond motifs is 3. The van der Waals surface area contributed by atoms with Gasteiger partial charge in [-0.05, 0) is 55.4 Å². The second kappa shape index (κ2) is 8.42. The van der Waals surface area contributed by atoms with E-state index in [2.05, 4.69) is 15.6 Å². The third-order valence-electron chi connectivity index (χ3n) is 7.82. The Bertz CT molecular complexity index is 1280. The van der Waals surface area contributed by atoms with Gasteiger partial charge in [0.05, 0.1) is 16.7 Å². The average molecular weight is 476 g/mol. The van der Waals surface area contributed by atoms with E-state index in [0.717, 1.165) is 28.6 Å². The van der Waals surface area contributed by atoms with Crippen molar-refractivity contribution in [1.82, 2.24) is 25.2 Å². The number of para-hydroxylation sites is 1. The standard InChI is InChI=1S/C26H29N5O4/c32-22(16-31-21-9-4-3-8-20(21)28-29-31)30-14-12-26(13-15-30)19-7-2-1-6-18(19)23(35-26)24(33)27-17-25(34)10-5-11-25/h1-4,6-9,23,34H,5,10-17H2,(H,27,33). The normalized spacial score (nSPS) is 22.1. The molecular formula is C26H29N5O4. The van der Waals surface area contributed by atoms with Crippen molar-refractivity contribution in [3.05, 3.63) is 59.7 Å². The number of nitrogens with zero attached hydrogens (tertiary/aromatic N) is 4. The van der Waals surface area contributed by atoms with Crippen molar-refractivity contribution in [2.75, 3.05) is 19.6 Å². The maximum Gasteiger partial charge on any atom is 0.253 e. The highest BCUT2D eigenvalue weighted by molar-refractivity contribution is 5.84. The maximum atomic E-state index is 13.1. The van der Waals surface area contributed by atoms with Gasteiger partial charge in [-0.3, -0.25) is 9.59 Å². The first kappa shape index (κ1) is 22.2. The third kappa shape index (κ3) is 3.88. The van der Waals surface area contributed by atoms with Crippen molar-refractivity contribution in [2.24, 2.45) is 0 Å². The fraction of sp³-hybridized carbons (Fsp3) is 0.462. The fourth-order valence-corrected chi connectivity index (χ4v) is 5.56. The lowest BCUT2D eigenvalue weighted by molar-refractivity contribution is -0.156. The second-order valence-electron chi connectivity index (χ2n) is 9.99.